The lowest BCUT2D eigenvalue weighted by molar-refractivity contribution is 0.400. The van der Waals surface area contributed by atoms with E-state index in [1.807, 2.05) is 67.6 Å². The molecule has 3 rings (SSSR count). The molecule has 0 aliphatic rings. The summed E-state index contributed by atoms with van der Waals surface area (Å²) in [5, 5.41) is 0. The topological polar surface area (TPSA) is 37.4 Å². The van der Waals surface area contributed by atoms with E-state index in [1.165, 1.54) is 4.31 Å². The van der Waals surface area contributed by atoms with E-state index in [9.17, 15) is 8.42 Å². The second kappa shape index (κ2) is 8.69. The van der Waals surface area contributed by atoms with E-state index in [4.69, 9.17) is 0 Å². The summed E-state index contributed by atoms with van der Waals surface area (Å²) in [6.45, 7) is 2.49. The zero-order valence-electron chi connectivity index (χ0n) is 14.8. The molecule has 3 aromatic carbocycles. The average molecular weight is 509 g/mol. The molecular formula is C21H19Br2NO2S. The van der Waals surface area contributed by atoms with Crippen LogP contribution >= 0.6 is 31.9 Å². The first-order chi connectivity index (χ1) is 12.9. The maximum absolute atomic E-state index is 13.4. The van der Waals surface area contributed by atoms with Gasteiger partial charge in [-0.05, 0) is 42.3 Å². The van der Waals surface area contributed by atoms with E-state index in [1.54, 1.807) is 12.1 Å². The van der Waals surface area contributed by atoms with Gasteiger partial charge in [0.15, 0.2) is 0 Å². The summed E-state index contributed by atoms with van der Waals surface area (Å²) in [5.41, 5.74) is 2.86. The average Bonchev–Trinajstić information content (AvgIpc) is 2.65. The van der Waals surface area contributed by atoms with Crippen molar-refractivity contribution in [2.45, 2.75) is 24.9 Å². The van der Waals surface area contributed by atoms with Crippen LogP contribution in [0.4, 0.5) is 0 Å². The monoisotopic (exact) mass is 507 g/mol. The van der Waals surface area contributed by atoms with Crippen LogP contribution in [-0.2, 0) is 23.1 Å². The summed E-state index contributed by atoms with van der Waals surface area (Å²) in [4.78, 5) is 0.298. The number of benzene rings is 3. The van der Waals surface area contributed by atoms with E-state index in [2.05, 4.69) is 31.9 Å². The van der Waals surface area contributed by atoms with Crippen LogP contribution in [0.15, 0.2) is 86.6 Å². The third-order valence-corrected chi connectivity index (χ3v) is 7.62. The number of hydrogen-bond acceptors (Lipinski definition) is 2. The van der Waals surface area contributed by atoms with Crippen LogP contribution < -0.4 is 0 Å². The minimum Gasteiger partial charge on any atom is -0.207 e. The third kappa shape index (κ3) is 4.88. The van der Waals surface area contributed by atoms with Crippen molar-refractivity contribution in [3.05, 3.63) is 98.4 Å². The fourth-order valence-electron chi connectivity index (χ4n) is 2.72. The van der Waals surface area contributed by atoms with Crippen LogP contribution in [0.1, 0.15) is 16.7 Å². The molecule has 0 aliphatic carbocycles. The standard InChI is InChI=1S/C21H19Br2NO2S/c1-16-10-12-19(13-11-16)27(25,26)24(14-17-6-2-4-8-20(17)22)15-18-7-3-5-9-21(18)23/h2-13H,14-15H2,1H3. The summed E-state index contributed by atoms with van der Waals surface area (Å²) < 4.78 is 30.0. The highest BCUT2D eigenvalue weighted by atomic mass is 79.9. The number of hydrogen-bond donors (Lipinski definition) is 0. The first-order valence-corrected chi connectivity index (χ1v) is 11.4. The number of aryl methyl sites for hydroxylation is 1. The van der Waals surface area contributed by atoms with Crippen molar-refractivity contribution in [3.63, 3.8) is 0 Å². The van der Waals surface area contributed by atoms with Crippen molar-refractivity contribution in [1.29, 1.82) is 0 Å². The van der Waals surface area contributed by atoms with E-state index in [0.29, 0.717) is 4.90 Å². The SMILES string of the molecule is Cc1ccc(S(=O)(=O)N(Cc2ccccc2Br)Cc2ccccc2Br)cc1. The van der Waals surface area contributed by atoms with Gasteiger partial charge in [-0.15, -0.1) is 0 Å². The Morgan fingerprint density at radius 2 is 1.19 bits per heavy atom. The fourth-order valence-corrected chi connectivity index (χ4v) is 4.93. The van der Waals surface area contributed by atoms with Gasteiger partial charge in [-0.1, -0.05) is 86.0 Å². The molecule has 0 unspecified atom stereocenters. The second-order valence-corrected chi connectivity index (χ2v) is 9.92. The van der Waals surface area contributed by atoms with Crippen LogP contribution in [0.2, 0.25) is 0 Å². The molecule has 0 aromatic heterocycles. The smallest absolute Gasteiger partial charge is 0.207 e. The summed E-state index contributed by atoms with van der Waals surface area (Å²) in [6.07, 6.45) is 0. The molecule has 0 saturated heterocycles. The van der Waals surface area contributed by atoms with Crippen molar-refractivity contribution >= 4 is 41.9 Å². The van der Waals surface area contributed by atoms with Gasteiger partial charge in [0, 0.05) is 22.0 Å². The summed E-state index contributed by atoms with van der Waals surface area (Å²) >= 11 is 7.05. The molecule has 6 heteroatoms. The lowest BCUT2D eigenvalue weighted by Crippen LogP contribution is -2.30. The Labute approximate surface area is 177 Å². The molecule has 0 heterocycles. The van der Waals surface area contributed by atoms with Crippen LogP contribution in [0.25, 0.3) is 0 Å². The molecule has 0 spiro atoms. The van der Waals surface area contributed by atoms with Crippen molar-refractivity contribution in [2.24, 2.45) is 0 Å². The van der Waals surface area contributed by atoms with Gasteiger partial charge in [0.2, 0.25) is 10.0 Å². The zero-order valence-corrected chi connectivity index (χ0v) is 18.8. The predicted molar refractivity (Wildman–Crippen MR) is 116 cm³/mol. The molecule has 0 aliphatic heterocycles. The highest BCUT2D eigenvalue weighted by Crippen LogP contribution is 2.27. The second-order valence-electron chi connectivity index (χ2n) is 6.27. The number of sulfonamides is 1. The van der Waals surface area contributed by atoms with Gasteiger partial charge in [-0.3, -0.25) is 0 Å². The van der Waals surface area contributed by atoms with Gasteiger partial charge >= 0.3 is 0 Å². The van der Waals surface area contributed by atoms with Gasteiger partial charge in [-0.2, -0.15) is 4.31 Å². The number of rotatable bonds is 6. The molecule has 0 fully saturated rings. The molecule has 0 atom stereocenters. The molecule has 3 aromatic rings. The van der Waals surface area contributed by atoms with Crippen LogP contribution in [0.3, 0.4) is 0 Å². The summed E-state index contributed by atoms with van der Waals surface area (Å²) in [6, 6.07) is 22.3. The third-order valence-electron chi connectivity index (χ3n) is 4.27. The first kappa shape index (κ1) is 20.3. The van der Waals surface area contributed by atoms with Crippen molar-refractivity contribution in [1.82, 2.24) is 4.31 Å². The van der Waals surface area contributed by atoms with Gasteiger partial charge in [-0.25, -0.2) is 8.42 Å². The minimum absolute atomic E-state index is 0.277. The highest BCUT2D eigenvalue weighted by Gasteiger charge is 2.26. The van der Waals surface area contributed by atoms with Crippen molar-refractivity contribution in [3.8, 4) is 0 Å². The van der Waals surface area contributed by atoms with Crippen LogP contribution in [0.5, 0.6) is 0 Å². The Hall–Kier alpha value is -1.47. The van der Waals surface area contributed by atoms with E-state index < -0.39 is 10.0 Å². The number of halogens is 2. The van der Waals surface area contributed by atoms with Crippen molar-refractivity contribution < 1.29 is 8.42 Å². The number of nitrogens with zero attached hydrogens (tertiary/aromatic N) is 1. The fraction of sp³-hybridized carbons (Fsp3) is 0.143. The zero-order chi connectivity index (χ0) is 19.4. The van der Waals surface area contributed by atoms with Crippen molar-refractivity contribution in [2.75, 3.05) is 0 Å². The molecule has 140 valence electrons. The Morgan fingerprint density at radius 1 is 0.741 bits per heavy atom. The maximum Gasteiger partial charge on any atom is 0.243 e. The first-order valence-electron chi connectivity index (χ1n) is 8.41. The van der Waals surface area contributed by atoms with Crippen LogP contribution in [-0.4, -0.2) is 12.7 Å². The Kier molecular flexibility index (Phi) is 6.52. The normalized spacial score (nSPS) is 11.7. The van der Waals surface area contributed by atoms with E-state index >= 15 is 0 Å². The molecule has 0 N–H and O–H groups in total. The summed E-state index contributed by atoms with van der Waals surface area (Å²) in [5.74, 6) is 0. The quantitative estimate of drug-likeness (QED) is 0.415. The highest BCUT2D eigenvalue weighted by molar-refractivity contribution is 9.10. The minimum atomic E-state index is -3.66. The Morgan fingerprint density at radius 3 is 1.63 bits per heavy atom. The van der Waals surface area contributed by atoms with Gasteiger partial charge in [0.05, 0.1) is 4.90 Å². The molecule has 0 amide bonds. The van der Waals surface area contributed by atoms with E-state index in [-0.39, 0.29) is 13.1 Å². The molecule has 0 saturated carbocycles. The van der Waals surface area contributed by atoms with Gasteiger partial charge < -0.3 is 0 Å². The molecule has 27 heavy (non-hydrogen) atoms. The molecule has 3 nitrogen and oxygen atoms in total. The summed E-state index contributed by atoms with van der Waals surface area (Å²) in [7, 11) is -3.66. The lowest BCUT2D eigenvalue weighted by Gasteiger charge is -2.23. The van der Waals surface area contributed by atoms with Gasteiger partial charge in [0.1, 0.15) is 0 Å². The largest absolute Gasteiger partial charge is 0.243 e. The maximum atomic E-state index is 13.4. The van der Waals surface area contributed by atoms with Gasteiger partial charge in [0.25, 0.3) is 0 Å². The lowest BCUT2D eigenvalue weighted by atomic mass is 10.2. The molecule has 0 radical (unpaired) electrons. The van der Waals surface area contributed by atoms with E-state index in [0.717, 1.165) is 25.6 Å². The Balaban J connectivity index is 2.02. The molecule has 0 bridgehead atoms. The predicted octanol–water partition coefficient (Wildman–Crippen LogP) is 5.91. The van der Waals surface area contributed by atoms with Crippen LogP contribution in [0, 0.1) is 6.92 Å². The molecular weight excluding hydrogens is 490 g/mol. The Bertz CT molecular complexity index is 987.